The van der Waals surface area contributed by atoms with Crippen LogP contribution in [0.3, 0.4) is 0 Å². The molecule has 1 atom stereocenters. The molecule has 1 aliphatic rings. The monoisotopic (exact) mass is 312 g/mol. The van der Waals surface area contributed by atoms with Gasteiger partial charge in [0.1, 0.15) is 12.2 Å². The Morgan fingerprint density at radius 3 is 2.52 bits per heavy atom. The SMILES string of the molecule is CCC[C@@H](CN1CCC(c2nncn2C)CC1)c1ccccc1. The van der Waals surface area contributed by atoms with Crippen LogP contribution in [0.1, 0.15) is 55.8 Å². The first kappa shape index (κ1) is 16.2. The van der Waals surface area contributed by atoms with E-state index < -0.39 is 0 Å². The summed E-state index contributed by atoms with van der Waals surface area (Å²) in [5, 5.41) is 8.32. The summed E-state index contributed by atoms with van der Waals surface area (Å²) in [5.74, 6) is 2.38. The molecule has 0 bridgehead atoms. The first-order valence-corrected chi connectivity index (χ1v) is 8.89. The molecule has 0 unspecified atom stereocenters. The third-order valence-corrected chi connectivity index (χ3v) is 5.09. The van der Waals surface area contributed by atoms with E-state index in [9.17, 15) is 0 Å². The van der Waals surface area contributed by atoms with Crippen molar-refractivity contribution in [3.05, 3.63) is 48.0 Å². The second kappa shape index (κ2) is 7.73. The van der Waals surface area contributed by atoms with Crippen molar-refractivity contribution < 1.29 is 0 Å². The molecule has 4 heteroatoms. The van der Waals surface area contributed by atoms with Crippen molar-refractivity contribution in [2.24, 2.45) is 7.05 Å². The van der Waals surface area contributed by atoms with Gasteiger partial charge in [-0.25, -0.2) is 0 Å². The van der Waals surface area contributed by atoms with Gasteiger partial charge in [-0.1, -0.05) is 43.7 Å². The van der Waals surface area contributed by atoms with Crippen molar-refractivity contribution in [2.45, 2.75) is 44.4 Å². The minimum Gasteiger partial charge on any atom is -0.320 e. The van der Waals surface area contributed by atoms with E-state index >= 15 is 0 Å². The van der Waals surface area contributed by atoms with Crippen LogP contribution < -0.4 is 0 Å². The first-order chi connectivity index (χ1) is 11.3. The van der Waals surface area contributed by atoms with Crippen LogP contribution in [0.2, 0.25) is 0 Å². The normalized spacial score (nSPS) is 18.2. The molecule has 23 heavy (non-hydrogen) atoms. The van der Waals surface area contributed by atoms with Gasteiger partial charge in [0.05, 0.1) is 0 Å². The van der Waals surface area contributed by atoms with E-state index in [0.29, 0.717) is 11.8 Å². The molecule has 124 valence electrons. The van der Waals surface area contributed by atoms with E-state index in [4.69, 9.17) is 0 Å². The van der Waals surface area contributed by atoms with Crippen LogP contribution in [-0.2, 0) is 7.05 Å². The minimum atomic E-state index is 0.570. The van der Waals surface area contributed by atoms with Gasteiger partial charge >= 0.3 is 0 Å². The van der Waals surface area contributed by atoms with Crippen molar-refractivity contribution in [2.75, 3.05) is 19.6 Å². The van der Waals surface area contributed by atoms with Gasteiger partial charge < -0.3 is 9.47 Å². The molecule has 0 saturated carbocycles. The zero-order chi connectivity index (χ0) is 16.1. The molecule has 0 spiro atoms. The maximum absolute atomic E-state index is 4.30. The summed E-state index contributed by atoms with van der Waals surface area (Å²) >= 11 is 0. The topological polar surface area (TPSA) is 34.0 Å². The zero-order valence-corrected chi connectivity index (χ0v) is 14.4. The molecule has 3 rings (SSSR count). The largest absolute Gasteiger partial charge is 0.320 e. The molecule has 1 aromatic carbocycles. The van der Waals surface area contributed by atoms with Crippen LogP contribution >= 0.6 is 0 Å². The lowest BCUT2D eigenvalue weighted by Crippen LogP contribution is -2.36. The number of nitrogens with zero attached hydrogens (tertiary/aromatic N) is 4. The van der Waals surface area contributed by atoms with Crippen LogP contribution in [0.15, 0.2) is 36.7 Å². The van der Waals surface area contributed by atoms with Gasteiger partial charge in [0.2, 0.25) is 0 Å². The number of benzene rings is 1. The van der Waals surface area contributed by atoms with Crippen molar-refractivity contribution in [1.29, 1.82) is 0 Å². The fourth-order valence-electron chi connectivity index (χ4n) is 3.78. The standard InChI is InChI=1S/C19H28N4/c1-3-7-18(16-8-5-4-6-9-16)14-23-12-10-17(11-13-23)19-21-20-15-22(19)2/h4-6,8-9,15,17-18H,3,7,10-14H2,1-2H3/t18-/m0/s1. The van der Waals surface area contributed by atoms with E-state index in [-0.39, 0.29) is 0 Å². The van der Waals surface area contributed by atoms with Crippen LogP contribution in [0.4, 0.5) is 0 Å². The second-order valence-corrected chi connectivity index (χ2v) is 6.77. The van der Waals surface area contributed by atoms with Crippen molar-refractivity contribution in [3.8, 4) is 0 Å². The Balaban J connectivity index is 1.57. The fraction of sp³-hybridized carbons (Fsp3) is 0.579. The van der Waals surface area contributed by atoms with Crippen LogP contribution in [0.25, 0.3) is 0 Å². The number of rotatable bonds is 6. The average Bonchev–Trinajstić information content (AvgIpc) is 3.02. The lowest BCUT2D eigenvalue weighted by atomic mass is 9.91. The Labute approximate surface area is 139 Å². The average molecular weight is 312 g/mol. The predicted molar refractivity (Wildman–Crippen MR) is 93.5 cm³/mol. The van der Waals surface area contributed by atoms with E-state index in [2.05, 4.69) is 56.9 Å². The third kappa shape index (κ3) is 3.99. The maximum atomic E-state index is 4.30. The number of aryl methyl sites for hydroxylation is 1. The molecule has 0 aliphatic carbocycles. The molecular weight excluding hydrogens is 284 g/mol. The summed E-state index contributed by atoms with van der Waals surface area (Å²) in [6, 6.07) is 11.0. The highest BCUT2D eigenvalue weighted by Gasteiger charge is 2.25. The van der Waals surface area contributed by atoms with E-state index in [1.54, 1.807) is 0 Å². The van der Waals surface area contributed by atoms with E-state index in [0.717, 1.165) is 5.82 Å². The number of hydrogen-bond acceptors (Lipinski definition) is 3. The molecule has 1 fully saturated rings. The van der Waals surface area contributed by atoms with Gasteiger partial charge in [-0.05, 0) is 43.8 Å². The molecule has 1 saturated heterocycles. The Bertz CT molecular complexity index is 584. The highest BCUT2D eigenvalue weighted by atomic mass is 15.3. The summed E-state index contributed by atoms with van der Waals surface area (Å²) in [7, 11) is 2.05. The zero-order valence-electron chi connectivity index (χ0n) is 14.4. The Morgan fingerprint density at radius 1 is 1.17 bits per heavy atom. The summed E-state index contributed by atoms with van der Waals surface area (Å²) in [6.07, 6.45) is 6.72. The predicted octanol–water partition coefficient (Wildman–Crippen LogP) is 3.58. The fourth-order valence-corrected chi connectivity index (χ4v) is 3.78. The highest BCUT2D eigenvalue weighted by Crippen LogP contribution is 2.29. The molecular formula is C19H28N4. The Morgan fingerprint density at radius 2 is 1.91 bits per heavy atom. The molecule has 1 aromatic heterocycles. The molecule has 2 aromatic rings. The first-order valence-electron chi connectivity index (χ1n) is 8.89. The van der Waals surface area contributed by atoms with Crippen molar-refractivity contribution in [1.82, 2.24) is 19.7 Å². The minimum absolute atomic E-state index is 0.570. The molecule has 0 N–H and O–H groups in total. The number of likely N-dealkylation sites (tertiary alicyclic amines) is 1. The van der Waals surface area contributed by atoms with Gasteiger partial charge in [0, 0.05) is 19.5 Å². The van der Waals surface area contributed by atoms with Gasteiger partial charge in [0.25, 0.3) is 0 Å². The van der Waals surface area contributed by atoms with Crippen LogP contribution in [0, 0.1) is 0 Å². The quantitative estimate of drug-likeness (QED) is 0.817. The summed E-state index contributed by atoms with van der Waals surface area (Å²) in [4.78, 5) is 2.64. The third-order valence-electron chi connectivity index (χ3n) is 5.09. The lowest BCUT2D eigenvalue weighted by molar-refractivity contribution is 0.194. The summed E-state index contributed by atoms with van der Waals surface area (Å²) < 4.78 is 2.07. The van der Waals surface area contributed by atoms with Gasteiger partial charge in [0.15, 0.2) is 0 Å². The van der Waals surface area contributed by atoms with E-state index in [1.165, 1.54) is 50.9 Å². The second-order valence-electron chi connectivity index (χ2n) is 6.77. The molecule has 0 radical (unpaired) electrons. The van der Waals surface area contributed by atoms with Gasteiger partial charge in [-0.3, -0.25) is 0 Å². The van der Waals surface area contributed by atoms with Crippen molar-refractivity contribution >= 4 is 0 Å². The summed E-state index contributed by atoms with van der Waals surface area (Å²) in [6.45, 7) is 5.81. The number of hydrogen-bond donors (Lipinski definition) is 0. The molecule has 4 nitrogen and oxygen atoms in total. The van der Waals surface area contributed by atoms with Crippen LogP contribution in [0.5, 0.6) is 0 Å². The van der Waals surface area contributed by atoms with Gasteiger partial charge in [-0.15, -0.1) is 10.2 Å². The number of piperidine rings is 1. The van der Waals surface area contributed by atoms with Crippen LogP contribution in [-0.4, -0.2) is 39.3 Å². The highest BCUT2D eigenvalue weighted by molar-refractivity contribution is 5.20. The lowest BCUT2D eigenvalue weighted by Gasteiger charge is -2.34. The Hall–Kier alpha value is -1.68. The van der Waals surface area contributed by atoms with Gasteiger partial charge in [-0.2, -0.15) is 0 Å². The number of aromatic nitrogens is 3. The molecule has 2 heterocycles. The summed E-state index contributed by atoms with van der Waals surface area (Å²) in [5.41, 5.74) is 1.49. The van der Waals surface area contributed by atoms with Crippen molar-refractivity contribution in [3.63, 3.8) is 0 Å². The Kier molecular flexibility index (Phi) is 5.44. The smallest absolute Gasteiger partial charge is 0.135 e. The molecule has 0 amide bonds. The maximum Gasteiger partial charge on any atom is 0.135 e. The van der Waals surface area contributed by atoms with E-state index in [1.807, 2.05) is 13.4 Å². The molecule has 1 aliphatic heterocycles.